The van der Waals surface area contributed by atoms with E-state index < -0.39 is 32.4 Å². The third-order valence-electron chi connectivity index (χ3n) is 6.61. The van der Waals surface area contributed by atoms with Crippen LogP contribution >= 0.6 is 0 Å². The quantitative estimate of drug-likeness (QED) is 0.347. The lowest BCUT2D eigenvalue weighted by atomic mass is 9.75. The van der Waals surface area contributed by atoms with Crippen molar-refractivity contribution in [1.29, 1.82) is 0 Å². The average molecular weight is 473 g/mol. The van der Waals surface area contributed by atoms with E-state index >= 15 is 0 Å². The lowest BCUT2D eigenvalue weighted by molar-refractivity contribution is 0.00578. The number of pyridine rings is 1. The van der Waals surface area contributed by atoms with Gasteiger partial charge < -0.3 is 23.3 Å². The van der Waals surface area contributed by atoms with Crippen molar-refractivity contribution in [2.45, 2.75) is 78.2 Å². The number of nitrogens with zero attached hydrogens (tertiary/aromatic N) is 1. The second-order valence-corrected chi connectivity index (χ2v) is 16.6. The molecule has 0 bridgehead atoms. The molecule has 2 heterocycles. The van der Waals surface area contributed by atoms with Crippen LogP contribution in [0.15, 0.2) is 23.1 Å². The van der Waals surface area contributed by atoms with Gasteiger partial charge in [0.25, 0.3) is 0 Å². The van der Waals surface area contributed by atoms with Gasteiger partial charge in [-0.1, -0.05) is 25.2 Å². The van der Waals surface area contributed by atoms with Crippen LogP contribution in [0.3, 0.4) is 0 Å². The number of esters is 1. The second kappa shape index (κ2) is 9.02. The predicted octanol–water partition coefficient (Wildman–Crippen LogP) is 3.71. The largest absolute Gasteiger partial charge is 0.495 e. The molecule has 1 aliphatic rings. The van der Waals surface area contributed by atoms with Crippen LogP contribution in [0.4, 0.5) is 0 Å². The first kappa shape index (κ1) is 25.7. The van der Waals surface area contributed by atoms with E-state index in [9.17, 15) is 9.59 Å². The third kappa shape index (κ3) is 5.26. The van der Waals surface area contributed by atoms with Crippen molar-refractivity contribution in [3.8, 4) is 0 Å². The summed E-state index contributed by atoms with van der Waals surface area (Å²) >= 11 is 0. The summed E-state index contributed by atoms with van der Waals surface area (Å²) in [6.45, 7) is 17.7. The fourth-order valence-electron chi connectivity index (χ4n) is 3.69. The number of methoxy groups -OCH3 is 1. The van der Waals surface area contributed by atoms with Gasteiger partial charge in [-0.25, -0.2) is 4.79 Å². The van der Waals surface area contributed by atoms with Crippen LogP contribution in [-0.4, -0.2) is 50.6 Å². The van der Waals surface area contributed by atoms with Crippen LogP contribution in [0, 0.1) is 6.92 Å². The monoisotopic (exact) mass is 473 g/mol. The Hall–Kier alpha value is -1.94. The first-order valence-corrected chi connectivity index (χ1v) is 15.1. The molecule has 0 saturated carbocycles. The molecule has 33 heavy (non-hydrogen) atoms. The maximum absolute atomic E-state index is 13.1. The minimum atomic E-state index is -1.25. The van der Waals surface area contributed by atoms with Crippen LogP contribution in [0.1, 0.15) is 43.6 Å². The number of carbonyl (C=O) groups is 1. The Morgan fingerprint density at radius 3 is 2.27 bits per heavy atom. The van der Waals surface area contributed by atoms with Gasteiger partial charge in [0.2, 0.25) is 5.43 Å². The number of benzene rings is 1. The van der Waals surface area contributed by atoms with Crippen molar-refractivity contribution >= 4 is 37.5 Å². The van der Waals surface area contributed by atoms with Crippen LogP contribution in [0.5, 0.6) is 0 Å². The highest BCUT2D eigenvalue weighted by molar-refractivity contribution is 6.76. The van der Waals surface area contributed by atoms with Gasteiger partial charge in [-0.05, 0) is 58.3 Å². The van der Waals surface area contributed by atoms with Crippen molar-refractivity contribution in [3.05, 3.63) is 39.7 Å². The smallest absolute Gasteiger partial charge is 0.465 e. The molecule has 1 aliphatic heterocycles. The molecule has 0 amide bonds. The standard InChI is InChI=1S/C24H36BNO6Si/c1-16-12-17-20(13-19(16)25-31-23(2,3)24(4,5)32-25)26(15-30-10-11-33(7,8)9)14-18(21(17)27)22(28)29-6/h12-14H,10-11,15H2,1-9H3. The summed E-state index contributed by atoms with van der Waals surface area (Å²) in [7, 11) is -0.534. The van der Waals surface area contributed by atoms with Crippen molar-refractivity contribution in [2.24, 2.45) is 0 Å². The lowest BCUT2D eigenvalue weighted by Gasteiger charge is -2.32. The van der Waals surface area contributed by atoms with Crippen LogP contribution in [0.25, 0.3) is 10.9 Å². The van der Waals surface area contributed by atoms with E-state index in [-0.39, 0.29) is 17.7 Å². The molecule has 1 aromatic carbocycles. The fourth-order valence-corrected chi connectivity index (χ4v) is 4.45. The van der Waals surface area contributed by atoms with Crippen molar-refractivity contribution in [3.63, 3.8) is 0 Å². The summed E-state index contributed by atoms with van der Waals surface area (Å²) in [6.07, 6.45) is 1.52. The Kier molecular flexibility index (Phi) is 7.02. The molecule has 1 aromatic heterocycles. The molecule has 0 unspecified atom stereocenters. The summed E-state index contributed by atoms with van der Waals surface area (Å²) in [5.74, 6) is -0.662. The first-order chi connectivity index (χ1) is 15.2. The van der Waals surface area contributed by atoms with Crippen molar-refractivity contribution in [2.75, 3.05) is 13.7 Å². The molecule has 1 fully saturated rings. The summed E-state index contributed by atoms with van der Waals surface area (Å²) < 4.78 is 25.1. The Balaban J connectivity index is 2.08. The summed E-state index contributed by atoms with van der Waals surface area (Å²) in [5.41, 5.74) is 1.03. The Morgan fingerprint density at radius 1 is 1.12 bits per heavy atom. The van der Waals surface area contributed by atoms with Gasteiger partial charge in [-0.15, -0.1) is 0 Å². The molecule has 0 N–H and O–H groups in total. The minimum Gasteiger partial charge on any atom is -0.465 e. The Morgan fingerprint density at radius 2 is 1.73 bits per heavy atom. The molecule has 180 valence electrons. The van der Waals surface area contributed by atoms with Gasteiger partial charge in [-0.2, -0.15) is 0 Å². The first-order valence-electron chi connectivity index (χ1n) is 11.4. The van der Waals surface area contributed by atoms with E-state index in [0.717, 1.165) is 17.1 Å². The summed E-state index contributed by atoms with van der Waals surface area (Å²) in [4.78, 5) is 25.4. The van der Waals surface area contributed by atoms with E-state index in [4.69, 9.17) is 18.8 Å². The molecule has 0 atom stereocenters. The van der Waals surface area contributed by atoms with Gasteiger partial charge in [0.1, 0.15) is 12.3 Å². The van der Waals surface area contributed by atoms with Gasteiger partial charge >= 0.3 is 13.1 Å². The van der Waals surface area contributed by atoms with Gasteiger partial charge in [-0.3, -0.25) is 4.79 Å². The third-order valence-corrected chi connectivity index (χ3v) is 8.31. The number of aryl methyl sites for hydroxylation is 1. The summed E-state index contributed by atoms with van der Waals surface area (Å²) in [6, 6.07) is 4.73. The molecule has 0 aliphatic carbocycles. The minimum absolute atomic E-state index is 0.0124. The molecular formula is C24H36BNO6Si. The van der Waals surface area contributed by atoms with E-state index in [1.54, 1.807) is 10.6 Å². The van der Waals surface area contributed by atoms with Crippen molar-refractivity contribution in [1.82, 2.24) is 4.57 Å². The number of rotatable bonds is 7. The number of fused-ring (bicyclic) bond motifs is 1. The molecule has 9 heteroatoms. The highest BCUT2D eigenvalue weighted by Crippen LogP contribution is 2.37. The van der Waals surface area contributed by atoms with Crippen LogP contribution < -0.4 is 10.9 Å². The molecule has 7 nitrogen and oxygen atoms in total. The Bertz CT molecular complexity index is 1100. The summed E-state index contributed by atoms with van der Waals surface area (Å²) in [5, 5.41) is 0.435. The predicted molar refractivity (Wildman–Crippen MR) is 134 cm³/mol. The topological polar surface area (TPSA) is 76.0 Å². The molecular weight excluding hydrogens is 437 g/mol. The van der Waals surface area contributed by atoms with Gasteiger partial charge in [0.05, 0.1) is 23.8 Å². The maximum Gasteiger partial charge on any atom is 0.495 e. The molecule has 2 aromatic rings. The fraction of sp³-hybridized carbons (Fsp3) is 0.583. The normalized spacial score (nSPS) is 17.5. The molecule has 3 rings (SSSR count). The van der Waals surface area contributed by atoms with Crippen LogP contribution in [-0.2, 0) is 25.5 Å². The van der Waals surface area contributed by atoms with E-state index in [2.05, 4.69) is 19.6 Å². The number of carbonyl (C=O) groups excluding carboxylic acids is 1. The maximum atomic E-state index is 13.1. The highest BCUT2D eigenvalue weighted by Gasteiger charge is 2.52. The Labute approximate surface area is 197 Å². The second-order valence-electron chi connectivity index (χ2n) is 11.0. The zero-order valence-electron chi connectivity index (χ0n) is 21.3. The SMILES string of the molecule is COC(=O)c1cn(COCC[Si](C)(C)C)c2cc(B3OC(C)(C)C(C)(C)O3)c(C)cc2c1=O. The van der Waals surface area contributed by atoms with E-state index in [1.807, 2.05) is 40.7 Å². The number of hydrogen-bond acceptors (Lipinski definition) is 6. The number of aromatic nitrogens is 1. The van der Waals surface area contributed by atoms with E-state index in [0.29, 0.717) is 17.5 Å². The van der Waals surface area contributed by atoms with E-state index in [1.165, 1.54) is 13.3 Å². The number of ether oxygens (including phenoxy) is 2. The molecule has 0 radical (unpaired) electrons. The zero-order valence-corrected chi connectivity index (χ0v) is 22.3. The van der Waals surface area contributed by atoms with Crippen LogP contribution in [0.2, 0.25) is 25.7 Å². The zero-order chi connectivity index (χ0) is 24.8. The molecule has 1 saturated heterocycles. The van der Waals surface area contributed by atoms with Gasteiger partial charge in [0.15, 0.2) is 0 Å². The van der Waals surface area contributed by atoms with Gasteiger partial charge in [0, 0.05) is 26.3 Å². The van der Waals surface area contributed by atoms with Crippen molar-refractivity contribution < 1.29 is 23.6 Å². The number of hydrogen-bond donors (Lipinski definition) is 0. The highest BCUT2D eigenvalue weighted by atomic mass is 28.3. The molecule has 0 spiro atoms. The lowest BCUT2D eigenvalue weighted by Crippen LogP contribution is -2.41. The average Bonchev–Trinajstić information content (AvgIpc) is 2.92.